The van der Waals surface area contributed by atoms with Gasteiger partial charge in [0.2, 0.25) is 5.78 Å². The predicted molar refractivity (Wildman–Crippen MR) is 85.1 cm³/mol. The van der Waals surface area contributed by atoms with Crippen molar-refractivity contribution < 1.29 is 4.79 Å². The van der Waals surface area contributed by atoms with Gasteiger partial charge in [0, 0.05) is 21.0 Å². The highest BCUT2D eigenvalue weighted by atomic mass is 79.9. The van der Waals surface area contributed by atoms with E-state index >= 15 is 0 Å². The first-order valence-corrected chi connectivity index (χ1v) is 7.72. The maximum absolute atomic E-state index is 12.3. The fraction of sp³-hybridized carbons (Fsp3) is 0. The lowest BCUT2D eigenvalue weighted by atomic mass is 10.1. The molecule has 2 nitrogen and oxygen atoms in total. The third-order valence-electron chi connectivity index (χ3n) is 2.87. The van der Waals surface area contributed by atoms with E-state index in [0.717, 1.165) is 15.7 Å². The van der Waals surface area contributed by atoms with Crippen LogP contribution in [0.4, 0.5) is 0 Å². The molecule has 0 N–H and O–H groups in total. The van der Waals surface area contributed by atoms with E-state index in [0.29, 0.717) is 10.6 Å². The van der Waals surface area contributed by atoms with E-state index < -0.39 is 0 Å². The van der Waals surface area contributed by atoms with Crippen LogP contribution in [0.3, 0.4) is 0 Å². The Balaban J connectivity index is 1.91. The molecular weight excluding hydrogens is 334 g/mol. The van der Waals surface area contributed by atoms with E-state index in [1.165, 1.54) is 11.3 Å². The highest BCUT2D eigenvalue weighted by molar-refractivity contribution is 9.10. The summed E-state index contributed by atoms with van der Waals surface area (Å²) in [6.45, 7) is 0. The molecule has 0 aliphatic carbocycles. The van der Waals surface area contributed by atoms with E-state index in [2.05, 4.69) is 20.9 Å². The molecule has 3 aromatic rings. The summed E-state index contributed by atoms with van der Waals surface area (Å²) in [4.78, 5) is 16.7. The molecule has 0 amide bonds. The topological polar surface area (TPSA) is 30.0 Å². The van der Waals surface area contributed by atoms with Gasteiger partial charge in [0.1, 0.15) is 0 Å². The Hall–Kier alpha value is -1.78. The van der Waals surface area contributed by atoms with Crippen molar-refractivity contribution in [1.29, 1.82) is 0 Å². The third kappa shape index (κ3) is 2.71. The van der Waals surface area contributed by atoms with Crippen molar-refractivity contribution in [3.8, 4) is 11.3 Å². The smallest absolute Gasteiger partial charge is 0.221 e. The van der Waals surface area contributed by atoms with Gasteiger partial charge in [-0.25, -0.2) is 4.98 Å². The quantitative estimate of drug-likeness (QED) is 0.639. The molecule has 0 aliphatic heterocycles. The highest BCUT2D eigenvalue weighted by Gasteiger charge is 2.13. The number of aromatic nitrogens is 1. The molecule has 20 heavy (non-hydrogen) atoms. The normalized spacial score (nSPS) is 10.4. The number of carbonyl (C=O) groups is 1. The summed E-state index contributed by atoms with van der Waals surface area (Å²) in [5.74, 6) is -0.0287. The summed E-state index contributed by atoms with van der Waals surface area (Å²) in [7, 11) is 0. The molecule has 0 spiro atoms. The number of hydrogen-bond donors (Lipinski definition) is 0. The first-order valence-electron chi connectivity index (χ1n) is 6.05. The van der Waals surface area contributed by atoms with E-state index in [4.69, 9.17) is 0 Å². The Morgan fingerprint density at radius 3 is 2.40 bits per heavy atom. The van der Waals surface area contributed by atoms with Gasteiger partial charge in [0.05, 0.1) is 5.69 Å². The summed E-state index contributed by atoms with van der Waals surface area (Å²) in [5, 5.41) is 2.44. The number of hydrogen-bond acceptors (Lipinski definition) is 3. The number of thiazole rings is 1. The zero-order valence-electron chi connectivity index (χ0n) is 10.4. The first-order chi connectivity index (χ1) is 9.74. The SMILES string of the molecule is O=C(c1ccccc1)c1nc(-c2ccc(Br)cc2)cs1. The summed E-state index contributed by atoms with van der Waals surface area (Å²) < 4.78 is 1.03. The average Bonchev–Trinajstić information content (AvgIpc) is 2.98. The largest absolute Gasteiger partial charge is 0.286 e. The molecule has 0 bridgehead atoms. The van der Waals surface area contributed by atoms with E-state index in [-0.39, 0.29) is 5.78 Å². The van der Waals surface area contributed by atoms with Crippen LogP contribution in [-0.2, 0) is 0 Å². The van der Waals surface area contributed by atoms with E-state index in [1.807, 2.05) is 60.0 Å². The lowest BCUT2D eigenvalue weighted by Crippen LogP contribution is -1.99. The van der Waals surface area contributed by atoms with Crippen molar-refractivity contribution in [3.63, 3.8) is 0 Å². The van der Waals surface area contributed by atoms with Crippen LogP contribution in [0.1, 0.15) is 15.4 Å². The molecule has 1 aromatic heterocycles. The zero-order valence-corrected chi connectivity index (χ0v) is 12.8. The van der Waals surface area contributed by atoms with E-state index in [1.54, 1.807) is 0 Å². The number of carbonyl (C=O) groups excluding carboxylic acids is 1. The summed E-state index contributed by atoms with van der Waals surface area (Å²) in [6, 6.07) is 17.1. The molecule has 0 fully saturated rings. The van der Waals surface area contributed by atoms with Crippen LogP contribution in [-0.4, -0.2) is 10.8 Å². The van der Waals surface area contributed by atoms with Crippen molar-refractivity contribution in [2.75, 3.05) is 0 Å². The second kappa shape index (κ2) is 5.69. The van der Waals surface area contributed by atoms with Crippen molar-refractivity contribution in [1.82, 2.24) is 4.98 Å². The van der Waals surface area contributed by atoms with Gasteiger partial charge in [-0.1, -0.05) is 58.4 Å². The molecule has 4 heteroatoms. The van der Waals surface area contributed by atoms with E-state index in [9.17, 15) is 4.79 Å². The molecule has 2 aromatic carbocycles. The van der Waals surface area contributed by atoms with Crippen molar-refractivity contribution in [2.45, 2.75) is 0 Å². The first kappa shape index (κ1) is 13.2. The molecule has 98 valence electrons. The summed E-state index contributed by atoms with van der Waals surface area (Å²) in [6.07, 6.45) is 0. The Labute approximate surface area is 129 Å². The van der Waals surface area contributed by atoms with Gasteiger partial charge in [0.15, 0.2) is 5.01 Å². The molecular formula is C16H10BrNOS. The van der Waals surface area contributed by atoms with Crippen LogP contribution < -0.4 is 0 Å². The second-order valence-corrected chi connectivity index (χ2v) is 6.01. The molecule has 0 saturated heterocycles. The predicted octanol–water partition coefficient (Wildman–Crippen LogP) is 4.80. The van der Waals surface area contributed by atoms with Crippen LogP contribution in [0.5, 0.6) is 0 Å². The monoisotopic (exact) mass is 343 g/mol. The van der Waals surface area contributed by atoms with Crippen LogP contribution in [0.15, 0.2) is 64.5 Å². The second-order valence-electron chi connectivity index (χ2n) is 4.24. The minimum Gasteiger partial charge on any atom is -0.286 e. The Bertz CT molecular complexity index is 735. The molecule has 1 heterocycles. The lowest BCUT2D eigenvalue weighted by Gasteiger charge is -1.97. The van der Waals surface area contributed by atoms with Crippen LogP contribution in [0.25, 0.3) is 11.3 Å². The van der Waals surface area contributed by atoms with Crippen molar-refractivity contribution in [3.05, 3.63) is 75.0 Å². The van der Waals surface area contributed by atoms with Gasteiger partial charge in [-0.05, 0) is 12.1 Å². The van der Waals surface area contributed by atoms with Crippen molar-refractivity contribution in [2.24, 2.45) is 0 Å². The van der Waals surface area contributed by atoms with Crippen molar-refractivity contribution >= 4 is 33.0 Å². The van der Waals surface area contributed by atoms with Gasteiger partial charge in [-0.15, -0.1) is 11.3 Å². The maximum atomic E-state index is 12.3. The molecule has 3 rings (SSSR count). The molecule has 0 saturated carbocycles. The lowest BCUT2D eigenvalue weighted by molar-refractivity contribution is 0.103. The fourth-order valence-electron chi connectivity index (χ4n) is 1.84. The van der Waals surface area contributed by atoms with Gasteiger partial charge >= 0.3 is 0 Å². The summed E-state index contributed by atoms with van der Waals surface area (Å²) in [5.41, 5.74) is 2.52. The standard InChI is InChI=1S/C16H10BrNOS/c17-13-8-6-11(7-9-13)14-10-20-16(18-14)15(19)12-4-2-1-3-5-12/h1-10H. The molecule has 0 atom stereocenters. The number of ketones is 1. The van der Waals surface area contributed by atoms with Crippen LogP contribution in [0.2, 0.25) is 0 Å². The average molecular weight is 344 g/mol. The molecule has 0 aliphatic rings. The van der Waals surface area contributed by atoms with Gasteiger partial charge in [-0.3, -0.25) is 4.79 Å². The van der Waals surface area contributed by atoms with Crippen LogP contribution >= 0.6 is 27.3 Å². The number of nitrogens with zero attached hydrogens (tertiary/aromatic N) is 1. The van der Waals surface area contributed by atoms with Crippen LogP contribution in [0, 0.1) is 0 Å². The summed E-state index contributed by atoms with van der Waals surface area (Å²) >= 11 is 4.78. The molecule has 0 radical (unpaired) electrons. The minimum atomic E-state index is -0.0287. The van der Waals surface area contributed by atoms with Gasteiger partial charge in [-0.2, -0.15) is 0 Å². The minimum absolute atomic E-state index is 0.0287. The third-order valence-corrected chi connectivity index (χ3v) is 4.24. The zero-order chi connectivity index (χ0) is 13.9. The van der Waals surface area contributed by atoms with Gasteiger partial charge < -0.3 is 0 Å². The maximum Gasteiger partial charge on any atom is 0.221 e. The van der Waals surface area contributed by atoms with Gasteiger partial charge in [0.25, 0.3) is 0 Å². The highest BCUT2D eigenvalue weighted by Crippen LogP contribution is 2.24. The number of benzene rings is 2. The molecule has 0 unspecified atom stereocenters. The Kier molecular flexibility index (Phi) is 3.76. The number of rotatable bonds is 3. The Morgan fingerprint density at radius 2 is 1.70 bits per heavy atom. The number of halogens is 1. The Morgan fingerprint density at radius 1 is 1.00 bits per heavy atom. The fourth-order valence-corrected chi connectivity index (χ4v) is 2.90.